The van der Waals surface area contributed by atoms with Crippen molar-refractivity contribution in [3.05, 3.63) is 0 Å². The molecule has 144 valence electrons. The van der Waals surface area contributed by atoms with Crippen LogP contribution in [0.2, 0.25) is 0 Å². The van der Waals surface area contributed by atoms with Crippen molar-refractivity contribution in [2.45, 2.75) is 127 Å². The second kappa shape index (κ2) is 14.4. The number of rotatable bonds is 15. The predicted octanol–water partition coefficient (Wildman–Crippen LogP) is 7.63. The third-order valence-corrected chi connectivity index (χ3v) is 6.74. The maximum Gasteiger partial charge on any atom is 0.0475 e. The molecule has 24 heavy (non-hydrogen) atoms. The van der Waals surface area contributed by atoms with Crippen LogP contribution in [0.4, 0.5) is 0 Å². The number of halogens is 1. The Kier molecular flexibility index (Phi) is 13.4. The quantitative estimate of drug-likeness (QED) is 0.235. The van der Waals surface area contributed by atoms with Crippen LogP contribution in [0.25, 0.3) is 0 Å². The zero-order valence-electron chi connectivity index (χ0n) is 16.3. The Morgan fingerprint density at radius 3 is 1.92 bits per heavy atom. The third kappa shape index (κ3) is 9.66. The standard InChI is InChI=1S/C22H43ClO/c1-2-3-4-5-6-7-8-9-10-11-12-14-18-22(23)19-15-13-16-21(22)17-20-24/h21,24H,2-20H2,1H3. The fraction of sp³-hybridized carbons (Fsp3) is 1.00. The first-order valence-electron chi connectivity index (χ1n) is 11.0. The van der Waals surface area contributed by atoms with Gasteiger partial charge in [-0.1, -0.05) is 96.8 Å². The van der Waals surface area contributed by atoms with Crippen molar-refractivity contribution >= 4 is 11.6 Å². The number of aliphatic hydroxyl groups excluding tert-OH is 1. The second-order valence-corrected chi connectivity index (χ2v) is 8.88. The molecule has 1 nitrogen and oxygen atoms in total. The smallest absolute Gasteiger partial charge is 0.0475 e. The summed E-state index contributed by atoms with van der Waals surface area (Å²) in [6.07, 6.45) is 23.9. The van der Waals surface area contributed by atoms with Crippen molar-refractivity contribution in [1.82, 2.24) is 0 Å². The average molecular weight is 359 g/mol. The summed E-state index contributed by atoms with van der Waals surface area (Å²) < 4.78 is 0. The van der Waals surface area contributed by atoms with Gasteiger partial charge in [0, 0.05) is 11.5 Å². The molecule has 0 aromatic carbocycles. The molecule has 2 atom stereocenters. The van der Waals surface area contributed by atoms with Gasteiger partial charge in [-0.25, -0.2) is 0 Å². The zero-order chi connectivity index (χ0) is 17.5. The van der Waals surface area contributed by atoms with Crippen molar-refractivity contribution < 1.29 is 5.11 Å². The minimum Gasteiger partial charge on any atom is -0.396 e. The lowest BCUT2D eigenvalue weighted by molar-refractivity contribution is 0.183. The number of aliphatic hydroxyl groups is 1. The van der Waals surface area contributed by atoms with E-state index in [-0.39, 0.29) is 4.87 Å². The Morgan fingerprint density at radius 2 is 1.38 bits per heavy atom. The second-order valence-electron chi connectivity index (χ2n) is 8.13. The average Bonchev–Trinajstić information content (AvgIpc) is 2.58. The molecule has 0 aliphatic heterocycles. The highest BCUT2D eigenvalue weighted by atomic mass is 35.5. The Hall–Kier alpha value is 0.250. The van der Waals surface area contributed by atoms with E-state index in [1.54, 1.807) is 0 Å². The molecule has 0 aromatic heterocycles. The minimum absolute atomic E-state index is 0.000527. The van der Waals surface area contributed by atoms with Gasteiger partial charge in [0.25, 0.3) is 0 Å². The Balaban J connectivity index is 1.95. The molecular formula is C22H43ClO. The summed E-state index contributed by atoms with van der Waals surface area (Å²) in [5.74, 6) is 0.547. The fourth-order valence-electron chi connectivity index (χ4n) is 4.42. The molecule has 0 saturated heterocycles. The summed E-state index contributed by atoms with van der Waals surface area (Å²) in [6.45, 7) is 2.59. The van der Waals surface area contributed by atoms with Crippen molar-refractivity contribution in [1.29, 1.82) is 0 Å². The highest BCUT2D eigenvalue weighted by Crippen LogP contribution is 2.44. The van der Waals surface area contributed by atoms with Crippen molar-refractivity contribution in [3.63, 3.8) is 0 Å². The third-order valence-electron chi connectivity index (χ3n) is 6.05. The zero-order valence-corrected chi connectivity index (χ0v) is 17.1. The largest absolute Gasteiger partial charge is 0.396 e. The molecule has 1 N–H and O–H groups in total. The molecule has 0 radical (unpaired) electrons. The Labute approximate surface area is 156 Å². The van der Waals surface area contributed by atoms with E-state index in [9.17, 15) is 5.11 Å². The Morgan fingerprint density at radius 1 is 0.833 bits per heavy atom. The van der Waals surface area contributed by atoms with Crippen molar-refractivity contribution in [3.8, 4) is 0 Å². The molecule has 0 amide bonds. The highest BCUT2D eigenvalue weighted by molar-refractivity contribution is 6.24. The molecule has 1 saturated carbocycles. The van der Waals surface area contributed by atoms with Gasteiger partial charge in [-0.15, -0.1) is 11.6 Å². The fourth-order valence-corrected chi connectivity index (χ4v) is 4.91. The van der Waals surface area contributed by atoms with Crippen LogP contribution < -0.4 is 0 Å². The normalized spacial score (nSPS) is 24.4. The molecule has 0 bridgehead atoms. The molecule has 1 rings (SSSR count). The lowest BCUT2D eigenvalue weighted by Crippen LogP contribution is -2.35. The first-order valence-corrected chi connectivity index (χ1v) is 11.4. The predicted molar refractivity (Wildman–Crippen MR) is 108 cm³/mol. The van der Waals surface area contributed by atoms with E-state index in [2.05, 4.69) is 6.92 Å². The number of hydrogen-bond donors (Lipinski definition) is 1. The summed E-state index contributed by atoms with van der Waals surface area (Å²) in [5, 5.41) is 9.26. The van der Waals surface area contributed by atoms with Crippen LogP contribution in [0.3, 0.4) is 0 Å². The number of hydrogen-bond acceptors (Lipinski definition) is 1. The van der Waals surface area contributed by atoms with Gasteiger partial charge < -0.3 is 5.11 Å². The van der Waals surface area contributed by atoms with E-state index in [0.717, 1.165) is 19.3 Å². The summed E-state index contributed by atoms with van der Waals surface area (Å²) in [4.78, 5) is -0.000527. The van der Waals surface area contributed by atoms with E-state index in [1.165, 1.54) is 96.3 Å². The molecular weight excluding hydrogens is 316 g/mol. The monoisotopic (exact) mass is 358 g/mol. The van der Waals surface area contributed by atoms with Gasteiger partial charge in [-0.2, -0.15) is 0 Å². The van der Waals surface area contributed by atoms with Crippen LogP contribution >= 0.6 is 11.6 Å². The highest BCUT2D eigenvalue weighted by Gasteiger charge is 2.37. The van der Waals surface area contributed by atoms with E-state index in [1.807, 2.05) is 0 Å². The molecule has 2 heteroatoms. The molecule has 2 unspecified atom stereocenters. The Bertz CT molecular complexity index is 279. The van der Waals surface area contributed by atoms with Crippen molar-refractivity contribution in [2.24, 2.45) is 5.92 Å². The van der Waals surface area contributed by atoms with Crippen LogP contribution in [-0.4, -0.2) is 16.6 Å². The van der Waals surface area contributed by atoms with E-state index >= 15 is 0 Å². The topological polar surface area (TPSA) is 20.2 Å². The SMILES string of the molecule is CCCCCCCCCCCCCCC1(Cl)CCCCC1CCO. The van der Waals surface area contributed by atoms with Gasteiger partial charge in [0.15, 0.2) is 0 Å². The summed E-state index contributed by atoms with van der Waals surface area (Å²) in [6, 6.07) is 0. The first kappa shape index (κ1) is 22.3. The number of alkyl halides is 1. The van der Waals surface area contributed by atoms with Gasteiger partial charge >= 0.3 is 0 Å². The molecule has 1 fully saturated rings. The van der Waals surface area contributed by atoms with Gasteiger partial charge in [0.05, 0.1) is 0 Å². The lowest BCUT2D eigenvalue weighted by atomic mass is 9.74. The summed E-state index contributed by atoms with van der Waals surface area (Å²) in [7, 11) is 0. The first-order chi connectivity index (χ1) is 11.7. The van der Waals surface area contributed by atoms with Crippen LogP contribution in [0.15, 0.2) is 0 Å². The maximum atomic E-state index is 9.26. The lowest BCUT2D eigenvalue weighted by Gasteiger charge is -2.39. The van der Waals surface area contributed by atoms with Crippen molar-refractivity contribution in [2.75, 3.05) is 6.61 Å². The van der Waals surface area contributed by atoms with E-state index < -0.39 is 0 Å². The van der Waals surface area contributed by atoms with Crippen LogP contribution in [0.1, 0.15) is 122 Å². The van der Waals surface area contributed by atoms with Crippen LogP contribution in [0.5, 0.6) is 0 Å². The summed E-state index contributed by atoms with van der Waals surface area (Å²) >= 11 is 6.94. The molecule has 0 heterocycles. The van der Waals surface area contributed by atoms with Gasteiger partial charge in [-0.3, -0.25) is 0 Å². The molecule has 1 aliphatic rings. The molecule has 1 aliphatic carbocycles. The maximum absolute atomic E-state index is 9.26. The van der Waals surface area contributed by atoms with E-state index in [0.29, 0.717) is 12.5 Å². The summed E-state index contributed by atoms with van der Waals surface area (Å²) in [5.41, 5.74) is 0. The molecule has 0 spiro atoms. The van der Waals surface area contributed by atoms with E-state index in [4.69, 9.17) is 11.6 Å². The van der Waals surface area contributed by atoms with Crippen LogP contribution in [0, 0.1) is 5.92 Å². The van der Waals surface area contributed by atoms with Gasteiger partial charge in [0.1, 0.15) is 0 Å². The number of unbranched alkanes of at least 4 members (excludes halogenated alkanes) is 11. The van der Waals surface area contributed by atoms with Gasteiger partial charge in [0.2, 0.25) is 0 Å². The molecule has 0 aromatic rings. The van der Waals surface area contributed by atoms with Crippen LogP contribution in [-0.2, 0) is 0 Å². The minimum atomic E-state index is -0.000527. The van der Waals surface area contributed by atoms with Gasteiger partial charge in [-0.05, 0) is 31.6 Å².